The van der Waals surface area contributed by atoms with E-state index in [1.54, 1.807) is 37.4 Å². The molecule has 2 saturated heterocycles. The Hall–Kier alpha value is -4.91. The van der Waals surface area contributed by atoms with Gasteiger partial charge in [0.15, 0.2) is 11.6 Å². The second kappa shape index (κ2) is 13.4. The summed E-state index contributed by atoms with van der Waals surface area (Å²) in [7, 11) is 5.12. The molecule has 2 N–H and O–H groups in total. The Bertz CT molecular complexity index is 1760. The van der Waals surface area contributed by atoms with Crippen LogP contribution in [-0.4, -0.2) is 76.7 Å². The third-order valence-electron chi connectivity index (χ3n) is 8.91. The van der Waals surface area contributed by atoms with E-state index in [2.05, 4.69) is 35.5 Å². The summed E-state index contributed by atoms with van der Waals surface area (Å²) in [5.74, 6) is -1.02. The lowest BCUT2D eigenvalue weighted by atomic mass is 9.74. The van der Waals surface area contributed by atoms with Crippen LogP contribution in [0.5, 0.6) is 17.4 Å². The molecule has 0 radical (unpaired) electrons. The Morgan fingerprint density at radius 2 is 1.83 bits per heavy atom. The van der Waals surface area contributed by atoms with Crippen molar-refractivity contribution in [2.45, 2.75) is 50.7 Å². The minimum absolute atomic E-state index is 0.145. The molecule has 2 bridgehead atoms. The predicted octanol–water partition coefficient (Wildman–Crippen LogP) is 5.26. The van der Waals surface area contributed by atoms with Crippen LogP contribution < -0.4 is 24.8 Å². The molecule has 7 rings (SSSR count). The Morgan fingerprint density at radius 1 is 1.02 bits per heavy atom. The number of carbonyl (C=O) groups is 1. The quantitative estimate of drug-likeness (QED) is 0.223. The number of rotatable bonds is 11. The van der Waals surface area contributed by atoms with Gasteiger partial charge in [0.25, 0.3) is 11.9 Å². The summed E-state index contributed by atoms with van der Waals surface area (Å²) in [6.07, 6.45) is 6.31. The lowest BCUT2D eigenvalue weighted by Crippen LogP contribution is -2.64. The molecule has 0 spiro atoms. The molecule has 4 aromatic rings. The van der Waals surface area contributed by atoms with Crippen molar-refractivity contribution in [3.8, 4) is 40.0 Å². The summed E-state index contributed by atoms with van der Waals surface area (Å²) in [5.41, 5.74) is 0.357. The fraction of sp³-hybridized carbons (Fsp3) is 0.382. The third kappa shape index (κ3) is 6.66. The van der Waals surface area contributed by atoms with Crippen LogP contribution in [0.2, 0.25) is 0 Å². The Kier molecular flexibility index (Phi) is 9.17. The largest absolute Gasteiger partial charge is 0.497 e. The summed E-state index contributed by atoms with van der Waals surface area (Å²) in [6, 6.07) is 10.5. The first-order chi connectivity index (χ1) is 22.7. The molecule has 11 nitrogen and oxygen atoms in total. The molecule has 0 atom stereocenters. The number of pyridine rings is 2. The molecule has 1 aromatic carbocycles. The van der Waals surface area contributed by atoms with Gasteiger partial charge in [0.2, 0.25) is 5.88 Å². The van der Waals surface area contributed by atoms with Crippen molar-refractivity contribution < 1.29 is 27.8 Å². The summed E-state index contributed by atoms with van der Waals surface area (Å²) in [5, 5.41) is 6.05. The lowest BCUT2D eigenvalue weighted by molar-refractivity contribution is 0.0269. The van der Waals surface area contributed by atoms with E-state index < -0.39 is 23.2 Å². The van der Waals surface area contributed by atoms with Crippen LogP contribution in [0.15, 0.2) is 48.8 Å². The van der Waals surface area contributed by atoms with Crippen molar-refractivity contribution >= 4 is 11.7 Å². The van der Waals surface area contributed by atoms with Gasteiger partial charge < -0.3 is 29.7 Å². The minimum Gasteiger partial charge on any atom is -0.497 e. The third-order valence-corrected chi connectivity index (χ3v) is 8.91. The number of hydrogen-bond donors (Lipinski definition) is 2. The van der Waals surface area contributed by atoms with E-state index in [-0.39, 0.29) is 35.0 Å². The van der Waals surface area contributed by atoms with Gasteiger partial charge >= 0.3 is 0 Å². The number of carbonyl (C=O) groups excluding carboxylic acids is 1. The van der Waals surface area contributed by atoms with Crippen LogP contribution >= 0.6 is 0 Å². The van der Waals surface area contributed by atoms with Crippen molar-refractivity contribution in [1.29, 1.82) is 0 Å². The Morgan fingerprint density at radius 3 is 2.49 bits per heavy atom. The SMILES string of the molecule is CCOc1ccc(-c2cc(C(=O)NC34CCC(CC3)N(C)C4)c(F)c(-c3cnc(NCc4ccc(OC)cc4OC)c(F)n3)n2)cn1. The first kappa shape index (κ1) is 32.0. The number of amides is 1. The molecular weight excluding hydrogens is 608 g/mol. The van der Waals surface area contributed by atoms with E-state index in [1.165, 1.54) is 25.6 Å². The number of ether oxygens (including phenoxy) is 3. The molecule has 3 fully saturated rings. The molecule has 1 saturated carbocycles. The van der Waals surface area contributed by atoms with Crippen LogP contribution in [-0.2, 0) is 6.54 Å². The number of halogens is 2. The number of nitrogens with one attached hydrogen (secondary N) is 2. The highest BCUT2D eigenvalue weighted by Crippen LogP contribution is 2.38. The molecule has 47 heavy (non-hydrogen) atoms. The number of benzene rings is 1. The summed E-state index contributed by atoms with van der Waals surface area (Å²) in [6.45, 7) is 3.15. The number of likely N-dealkylation sites (N-methyl/N-ethyl adjacent to an activating group) is 1. The van der Waals surface area contributed by atoms with Gasteiger partial charge in [0.05, 0.1) is 43.8 Å². The van der Waals surface area contributed by atoms with Gasteiger partial charge in [-0.1, -0.05) is 0 Å². The van der Waals surface area contributed by atoms with E-state index >= 15 is 8.78 Å². The maximum absolute atomic E-state index is 16.3. The molecule has 5 heterocycles. The molecular formula is C34H37F2N7O4. The number of aromatic nitrogens is 4. The first-order valence-corrected chi connectivity index (χ1v) is 15.5. The minimum atomic E-state index is -0.962. The topological polar surface area (TPSA) is 124 Å². The fourth-order valence-corrected chi connectivity index (χ4v) is 6.39. The van der Waals surface area contributed by atoms with Crippen LogP contribution in [0.25, 0.3) is 22.6 Å². The molecule has 1 aliphatic carbocycles. The zero-order valence-electron chi connectivity index (χ0n) is 26.8. The van der Waals surface area contributed by atoms with Crippen molar-refractivity contribution in [1.82, 2.24) is 30.2 Å². The van der Waals surface area contributed by atoms with Gasteiger partial charge in [0, 0.05) is 48.6 Å². The zero-order chi connectivity index (χ0) is 33.1. The summed E-state index contributed by atoms with van der Waals surface area (Å²) >= 11 is 0. The number of fused-ring (bicyclic) bond motifs is 3. The summed E-state index contributed by atoms with van der Waals surface area (Å²) in [4.78, 5) is 33.0. The van der Waals surface area contributed by atoms with Crippen molar-refractivity contribution in [3.63, 3.8) is 0 Å². The van der Waals surface area contributed by atoms with E-state index in [0.29, 0.717) is 42.1 Å². The maximum Gasteiger partial charge on any atom is 0.256 e. The van der Waals surface area contributed by atoms with Crippen LogP contribution in [0, 0.1) is 11.8 Å². The van der Waals surface area contributed by atoms with E-state index in [4.69, 9.17) is 14.2 Å². The van der Waals surface area contributed by atoms with Crippen LogP contribution in [0.1, 0.15) is 48.5 Å². The predicted molar refractivity (Wildman–Crippen MR) is 172 cm³/mol. The van der Waals surface area contributed by atoms with Crippen LogP contribution in [0.3, 0.4) is 0 Å². The Labute approximate surface area is 271 Å². The maximum atomic E-state index is 16.3. The molecule has 246 valence electrons. The molecule has 1 amide bonds. The second-order valence-electron chi connectivity index (χ2n) is 11.8. The zero-order valence-corrected chi connectivity index (χ0v) is 26.8. The number of nitrogens with zero attached hydrogens (tertiary/aromatic N) is 5. The smallest absolute Gasteiger partial charge is 0.256 e. The van der Waals surface area contributed by atoms with Crippen LogP contribution in [0.4, 0.5) is 14.6 Å². The van der Waals surface area contributed by atoms with Gasteiger partial charge in [-0.25, -0.2) is 24.3 Å². The Balaban J connectivity index is 1.32. The van der Waals surface area contributed by atoms with E-state index in [9.17, 15) is 4.79 Å². The summed E-state index contributed by atoms with van der Waals surface area (Å²) < 4.78 is 47.8. The lowest BCUT2D eigenvalue weighted by Gasteiger charge is -2.51. The van der Waals surface area contributed by atoms with E-state index in [1.807, 2.05) is 14.0 Å². The van der Waals surface area contributed by atoms with Gasteiger partial charge in [-0.15, -0.1) is 0 Å². The number of methoxy groups -OCH3 is 2. The molecule has 3 aliphatic rings. The first-order valence-electron chi connectivity index (χ1n) is 15.5. The highest BCUT2D eigenvalue weighted by molar-refractivity contribution is 5.97. The molecule has 3 aromatic heterocycles. The standard InChI is InChI=1S/C34H37F2N7O4/c1-5-47-28-9-7-20(16-37-28)25-15-24(33(44)42-34-12-10-22(11-13-34)43(2)19-34)29(35)30(40-25)26-18-39-32(31(36)41-26)38-17-21-6-8-23(45-3)14-27(21)46-4/h6-9,14-16,18,22H,5,10-13,17,19H2,1-4H3,(H,38,39)(H,42,44). The average molecular weight is 646 g/mol. The number of anilines is 1. The van der Waals surface area contributed by atoms with Gasteiger partial charge in [0.1, 0.15) is 22.9 Å². The average Bonchev–Trinajstić information content (AvgIpc) is 3.08. The normalized spacial score (nSPS) is 18.9. The monoisotopic (exact) mass is 645 g/mol. The molecule has 2 aliphatic heterocycles. The molecule has 13 heteroatoms. The van der Waals surface area contributed by atoms with E-state index in [0.717, 1.165) is 31.2 Å². The van der Waals surface area contributed by atoms with Crippen molar-refractivity contribution in [2.24, 2.45) is 0 Å². The van der Waals surface area contributed by atoms with Gasteiger partial charge in [-0.05, 0) is 63.9 Å². The van der Waals surface area contributed by atoms with Crippen molar-refractivity contribution in [3.05, 3.63) is 71.7 Å². The van der Waals surface area contributed by atoms with Gasteiger partial charge in [-0.3, -0.25) is 4.79 Å². The second-order valence-corrected chi connectivity index (χ2v) is 11.8. The molecule has 0 unspecified atom stereocenters. The highest BCUT2D eigenvalue weighted by atomic mass is 19.1. The highest BCUT2D eigenvalue weighted by Gasteiger charge is 2.44. The number of piperidine rings is 2. The van der Waals surface area contributed by atoms with Crippen molar-refractivity contribution in [2.75, 3.05) is 39.7 Å². The number of hydrogen-bond acceptors (Lipinski definition) is 10. The fourth-order valence-electron chi connectivity index (χ4n) is 6.39. The van der Waals surface area contributed by atoms with Gasteiger partial charge in [-0.2, -0.15) is 4.39 Å².